The van der Waals surface area contributed by atoms with E-state index in [4.69, 9.17) is 4.84 Å². The summed E-state index contributed by atoms with van der Waals surface area (Å²) in [5, 5.41) is 6.88. The van der Waals surface area contributed by atoms with Gasteiger partial charge in [-0.1, -0.05) is 47.6 Å². The Morgan fingerprint density at radius 2 is 2.00 bits per heavy atom. The van der Waals surface area contributed by atoms with Gasteiger partial charge in [-0.25, -0.2) is 0 Å². The monoisotopic (exact) mass is 280 g/mol. The molecular formula is C17H16N2O2. The van der Waals surface area contributed by atoms with E-state index in [0.29, 0.717) is 6.42 Å². The molecule has 2 aromatic carbocycles. The molecule has 0 aromatic heterocycles. The van der Waals surface area contributed by atoms with E-state index >= 15 is 0 Å². The first-order valence-electron chi connectivity index (χ1n) is 6.88. The number of carbonyl (C=O) groups is 1. The van der Waals surface area contributed by atoms with Crippen LogP contribution in [0.3, 0.4) is 0 Å². The number of hydrogen-bond acceptors (Lipinski definition) is 3. The molecule has 1 heterocycles. The number of rotatable bonds is 3. The summed E-state index contributed by atoms with van der Waals surface area (Å²) in [5.41, 5.74) is 3.67. The van der Waals surface area contributed by atoms with E-state index < -0.39 is 6.10 Å². The number of aryl methyl sites for hydroxylation is 1. The van der Waals surface area contributed by atoms with Gasteiger partial charge >= 0.3 is 0 Å². The van der Waals surface area contributed by atoms with Crippen molar-refractivity contribution in [3.63, 3.8) is 0 Å². The van der Waals surface area contributed by atoms with Gasteiger partial charge in [0.05, 0.1) is 5.71 Å². The normalized spacial score (nSPS) is 17.0. The Hall–Kier alpha value is -2.62. The third kappa shape index (κ3) is 3.11. The lowest BCUT2D eigenvalue weighted by Crippen LogP contribution is -2.28. The van der Waals surface area contributed by atoms with Gasteiger partial charge in [-0.15, -0.1) is 0 Å². The number of benzene rings is 2. The molecule has 0 aliphatic carbocycles. The molecule has 4 nitrogen and oxygen atoms in total. The Morgan fingerprint density at radius 1 is 1.19 bits per heavy atom. The van der Waals surface area contributed by atoms with Gasteiger partial charge in [0.25, 0.3) is 5.91 Å². The molecule has 2 aromatic rings. The molecule has 1 amide bonds. The fourth-order valence-corrected chi connectivity index (χ4v) is 2.26. The Balaban J connectivity index is 1.64. The molecule has 0 bridgehead atoms. The summed E-state index contributed by atoms with van der Waals surface area (Å²) in [6.07, 6.45) is -0.0810. The molecule has 0 fully saturated rings. The minimum atomic E-state index is -0.569. The number of hydrogen-bond donors (Lipinski definition) is 1. The molecule has 1 N–H and O–H groups in total. The van der Waals surface area contributed by atoms with Crippen LogP contribution >= 0.6 is 0 Å². The molecular weight excluding hydrogens is 264 g/mol. The van der Waals surface area contributed by atoms with Crippen molar-refractivity contribution < 1.29 is 9.63 Å². The van der Waals surface area contributed by atoms with Crippen LogP contribution in [0.1, 0.15) is 17.5 Å². The van der Waals surface area contributed by atoms with E-state index in [9.17, 15) is 4.79 Å². The van der Waals surface area contributed by atoms with Gasteiger partial charge < -0.3 is 10.2 Å². The van der Waals surface area contributed by atoms with Crippen molar-refractivity contribution in [1.29, 1.82) is 0 Å². The molecule has 4 heteroatoms. The van der Waals surface area contributed by atoms with Crippen LogP contribution in [0.4, 0.5) is 5.69 Å². The highest BCUT2D eigenvalue weighted by molar-refractivity contribution is 6.06. The SMILES string of the molecule is Cc1cccc(NC(=O)[C@H]2CC(c3ccccc3)=NO2)c1. The van der Waals surface area contributed by atoms with Crippen LogP contribution in [-0.2, 0) is 9.63 Å². The number of amides is 1. The zero-order valence-electron chi connectivity index (χ0n) is 11.7. The van der Waals surface area contributed by atoms with Crippen molar-refractivity contribution in [2.24, 2.45) is 5.16 Å². The summed E-state index contributed by atoms with van der Waals surface area (Å²) in [6.45, 7) is 1.98. The summed E-state index contributed by atoms with van der Waals surface area (Å²) >= 11 is 0. The van der Waals surface area contributed by atoms with Crippen LogP contribution in [0.5, 0.6) is 0 Å². The van der Waals surface area contributed by atoms with Gasteiger partial charge in [0, 0.05) is 12.1 Å². The van der Waals surface area contributed by atoms with Crippen LogP contribution in [0, 0.1) is 6.92 Å². The lowest BCUT2D eigenvalue weighted by Gasteiger charge is -2.09. The highest BCUT2D eigenvalue weighted by Crippen LogP contribution is 2.18. The first-order valence-corrected chi connectivity index (χ1v) is 6.88. The van der Waals surface area contributed by atoms with Gasteiger partial charge in [0.2, 0.25) is 6.10 Å². The van der Waals surface area contributed by atoms with E-state index in [1.807, 2.05) is 61.5 Å². The van der Waals surface area contributed by atoms with Crippen LogP contribution in [0.2, 0.25) is 0 Å². The van der Waals surface area contributed by atoms with Gasteiger partial charge in [0.1, 0.15) is 0 Å². The summed E-state index contributed by atoms with van der Waals surface area (Å²) in [4.78, 5) is 17.5. The lowest BCUT2D eigenvalue weighted by atomic mass is 10.0. The first-order chi connectivity index (χ1) is 10.2. The average Bonchev–Trinajstić information content (AvgIpc) is 2.98. The Kier molecular flexibility index (Phi) is 3.69. The quantitative estimate of drug-likeness (QED) is 0.939. The van der Waals surface area contributed by atoms with Gasteiger partial charge in [-0.3, -0.25) is 4.79 Å². The van der Waals surface area contributed by atoms with Crippen molar-refractivity contribution in [1.82, 2.24) is 0 Å². The van der Waals surface area contributed by atoms with E-state index in [1.54, 1.807) is 0 Å². The second kappa shape index (κ2) is 5.79. The molecule has 1 atom stereocenters. The molecule has 1 aliphatic rings. The molecule has 0 unspecified atom stereocenters. The second-order valence-electron chi connectivity index (χ2n) is 5.06. The zero-order chi connectivity index (χ0) is 14.7. The van der Waals surface area contributed by atoms with Crippen LogP contribution in [0.15, 0.2) is 59.8 Å². The number of anilines is 1. The Morgan fingerprint density at radius 3 is 2.76 bits per heavy atom. The Labute approximate surface area is 123 Å². The summed E-state index contributed by atoms with van der Waals surface area (Å²) in [6, 6.07) is 17.4. The lowest BCUT2D eigenvalue weighted by molar-refractivity contribution is -0.125. The fourth-order valence-electron chi connectivity index (χ4n) is 2.26. The number of oxime groups is 1. The smallest absolute Gasteiger partial charge is 0.268 e. The minimum Gasteiger partial charge on any atom is -0.382 e. The summed E-state index contributed by atoms with van der Waals surface area (Å²) in [7, 11) is 0. The minimum absolute atomic E-state index is 0.171. The predicted molar refractivity (Wildman–Crippen MR) is 82.3 cm³/mol. The maximum atomic E-state index is 12.2. The van der Waals surface area contributed by atoms with Crippen molar-refractivity contribution in [3.05, 3.63) is 65.7 Å². The summed E-state index contributed by atoms with van der Waals surface area (Å²) in [5.74, 6) is -0.171. The van der Waals surface area contributed by atoms with Gasteiger partial charge in [-0.2, -0.15) is 0 Å². The van der Waals surface area contributed by atoms with Crippen LogP contribution < -0.4 is 5.32 Å². The van der Waals surface area contributed by atoms with E-state index in [2.05, 4.69) is 10.5 Å². The molecule has 0 saturated heterocycles. The molecule has 106 valence electrons. The number of nitrogens with one attached hydrogen (secondary N) is 1. The third-order valence-corrected chi connectivity index (χ3v) is 3.35. The first kappa shape index (κ1) is 13.4. The molecule has 0 radical (unpaired) electrons. The van der Waals surface area contributed by atoms with Crippen LogP contribution in [0.25, 0.3) is 0 Å². The van der Waals surface area contributed by atoms with Crippen molar-refractivity contribution >= 4 is 17.3 Å². The standard InChI is InChI=1S/C17H16N2O2/c1-12-6-5-9-14(10-12)18-17(20)16-11-15(19-21-16)13-7-3-2-4-8-13/h2-10,16H,11H2,1H3,(H,18,20)/t16-/m1/s1. The number of nitrogens with zero attached hydrogens (tertiary/aromatic N) is 1. The highest BCUT2D eigenvalue weighted by atomic mass is 16.6. The molecule has 3 rings (SSSR count). The molecule has 0 saturated carbocycles. The third-order valence-electron chi connectivity index (χ3n) is 3.35. The Bertz CT molecular complexity index is 680. The molecule has 21 heavy (non-hydrogen) atoms. The number of carbonyl (C=O) groups excluding carboxylic acids is 1. The van der Waals surface area contributed by atoms with Gasteiger partial charge in [-0.05, 0) is 30.2 Å². The van der Waals surface area contributed by atoms with E-state index in [1.165, 1.54) is 0 Å². The maximum Gasteiger partial charge on any atom is 0.268 e. The fraction of sp³-hybridized carbons (Fsp3) is 0.176. The topological polar surface area (TPSA) is 50.7 Å². The largest absolute Gasteiger partial charge is 0.382 e. The highest BCUT2D eigenvalue weighted by Gasteiger charge is 2.28. The van der Waals surface area contributed by atoms with E-state index in [-0.39, 0.29) is 5.91 Å². The summed E-state index contributed by atoms with van der Waals surface area (Å²) < 4.78 is 0. The van der Waals surface area contributed by atoms with Crippen molar-refractivity contribution in [2.75, 3.05) is 5.32 Å². The van der Waals surface area contributed by atoms with Crippen LogP contribution in [-0.4, -0.2) is 17.7 Å². The molecule has 1 aliphatic heterocycles. The molecule has 0 spiro atoms. The van der Waals surface area contributed by atoms with Gasteiger partial charge in [0.15, 0.2) is 0 Å². The second-order valence-corrected chi connectivity index (χ2v) is 5.06. The van der Waals surface area contributed by atoms with Crippen molar-refractivity contribution in [3.8, 4) is 0 Å². The van der Waals surface area contributed by atoms with Crippen molar-refractivity contribution in [2.45, 2.75) is 19.4 Å². The maximum absolute atomic E-state index is 12.2. The zero-order valence-corrected chi connectivity index (χ0v) is 11.7. The van der Waals surface area contributed by atoms with E-state index in [0.717, 1.165) is 22.5 Å². The predicted octanol–water partition coefficient (Wildman–Crippen LogP) is 3.13. The average molecular weight is 280 g/mol.